The molecule has 24 heavy (non-hydrogen) atoms. The Balaban J connectivity index is 1.60. The molecule has 1 aromatic carbocycles. The first-order valence-corrected chi connectivity index (χ1v) is 9.10. The van der Waals surface area contributed by atoms with Crippen LogP contribution >= 0.6 is 0 Å². The number of benzene rings is 1. The summed E-state index contributed by atoms with van der Waals surface area (Å²) in [5.41, 5.74) is 1.76. The number of amidine groups is 1. The molecule has 3 rings (SSSR count). The van der Waals surface area contributed by atoms with Gasteiger partial charge in [-0.1, -0.05) is 36.8 Å². The van der Waals surface area contributed by atoms with Crippen molar-refractivity contribution in [3.05, 3.63) is 35.4 Å². The molecule has 0 aromatic heterocycles. The van der Waals surface area contributed by atoms with Crippen molar-refractivity contribution >= 4 is 5.84 Å². The molecular weight excluding hydrogens is 298 g/mol. The summed E-state index contributed by atoms with van der Waals surface area (Å²) >= 11 is 0. The van der Waals surface area contributed by atoms with Gasteiger partial charge in [0.05, 0.1) is 0 Å². The third-order valence-electron chi connectivity index (χ3n) is 5.36. The van der Waals surface area contributed by atoms with E-state index in [9.17, 15) is 5.21 Å². The summed E-state index contributed by atoms with van der Waals surface area (Å²) in [6.45, 7) is 3.91. The Morgan fingerprint density at radius 3 is 2.17 bits per heavy atom. The third kappa shape index (κ3) is 3.91. The monoisotopic (exact) mass is 325 g/mol. The van der Waals surface area contributed by atoms with E-state index < -0.39 is 0 Å². The van der Waals surface area contributed by atoms with Gasteiger partial charge in [-0.2, -0.15) is 0 Å². The molecule has 1 saturated heterocycles. The van der Waals surface area contributed by atoms with E-state index in [1.54, 1.807) is 0 Å². The van der Waals surface area contributed by atoms with Crippen LogP contribution in [0.3, 0.4) is 0 Å². The fourth-order valence-electron chi connectivity index (χ4n) is 3.94. The molecule has 4 heteroatoms. The van der Waals surface area contributed by atoms with E-state index in [1.807, 2.05) is 24.3 Å². The molecule has 0 radical (unpaired) electrons. The van der Waals surface area contributed by atoms with Gasteiger partial charge in [-0.15, -0.1) is 6.42 Å². The second-order valence-corrected chi connectivity index (χ2v) is 6.81. The summed E-state index contributed by atoms with van der Waals surface area (Å²) in [4.78, 5) is 4.82. The molecule has 1 N–H and O–H groups in total. The Morgan fingerprint density at radius 2 is 1.62 bits per heavy atom. The van der Waals surface area contributed by atoms with Crippen LogP contribution in [0.4, 0.5) is 0 Å². The Bertz CT molecular complexity index is 586. The van der Waals surface area contributed by atoms with E-state index >= 15 is 0 Å². The predicted octanol–water partition coefficient (Wildman–Crippen LogP) is 3.14. The Kier molecular flexibility index (Phi) is 5.77. The van der Waals surface area contributed by atoms with Crippen molar-refractivity contribution in [2.75, 3.05) is 26.2 Å². The lowest BCUT2D eigenvalue weighted by molar-refractivity contribution is 0.119. The van der Waals surface area contributed by atoms with Crippen LogP contribution in [0.5, 0.6) is 0 Å². The van der Waals surface area contributed by atoms with Crippen LogP contribution in [0.2, 0.25) is 0 Å². The highest BCUT2D eigenvalue weighted by Gasteiger charge is 2.26. The summed E-state index contributed by atoms with van der Waals surface area (Å²) in [7, 11) is 0. The van der Waals surface area contributed by atoms with Crippen molar-refractivity contribution in [3.8, 4) is 12.3 Å². The van der Waals surface area contributed by atoms with Crippen molar-refractivity contribution in [2.24, 2.45) is 5.16 Å². The highest BCUT2D eigenvalue weighted by atomic mass is 16.4. The number of oxime groups is 1. The zero-order valence-corrected chi connectivity index (χ0v) is 14.3. The van der Waals surface area contributed by atoms with E-state index in [1.165, 1.54) is 38.5 Å². The van der Waals surface area contributed by atoms with Gasteiger partial charge >= 0.3 is 0 Å². The highest BCUT2D eigenvalue weighted by Crippen LogP contribution is 2.23. The molecule has 2 fully saturated rings. The molecule has 1 aliphatic heterocycles. The van der Waals surface area contributed by atoms with Crippen molar-refractivity contribution in [3.63, 3.8) is 0 Å². The van der Waals surface area contributed by atoms with Gasteiger partial charge in [-0.3, -0.25) is 4.90 Å². The molecule has 0 amide bonds. The fourth-order valence-corrected chi connectivity index (χ4v) is 3.94. The van der Waals surface area contributed by atoms with Crippen molar-refractivity contribution in [1.29, 1.82) is 0 Å². The first-order chi connectivity index (χ1) is 11.8. The largest absolute Gasteiger partial charge is 0.409 e. The molecular formula is C20H27N3O. The van der Waals surface area contributed by atoms with Crippen molar-refractivity contribution in [2.45, 2.75) is 44.6 Å². The maximum absolute atomic E-state index is 9.50. The summed E-state index contributed by atoms with van der Waals surface area (Å²) < 4.78 is 0. The van der Waals surface area contributed by atoms with E-state index in [2.05, 4.69) is 20.9 Å². The standard InChI is InChI=1S/C20H27N3O/c1-2-17-9-11-18(12-10-17)20(21-24)23-15-13-22(14-16-23)19-7-5-3-4-6-8-19/h1,9-12,19,24H,3-8,13-16H2/b21-20-. The summed E-state index contributed by atoms with van der Waals surface area (Å²) in [5.74, 6) is 3.27. The lowest BCUT2D eigenvalue weighted by Crippen LogP contribution is -2.52. The lowest BCUT2D eigenvalue weighted by atomic mass is 10.1. The van der Waals surface area contributed by atoms with Crippen LogP contribution in [0, 0.1) is 12.3 Å². The smallest absolute Gasteiger partial charge is 0.175 e. The fraction of sp³-hybridized carbons (Fsp3) is 0.550. The molecule has 1 heterocycles. The number of piperazine rings is 1. The van der Waals surface area contributed by atoms with Crippen LogP contribution < -0.4 is 0 Å². The van der Waals surface area contributed by atoms with E-state index in [-0.39, 0.29) is 0 Å². The highest BCUT2D eigenvalue weighted by molar-refractivity contribution is 5.98. The number of rotatable bonds is 2. The first kappa shape index (κ1) is 16.9. The van der Waals surface area contributed by atoms with Crippen LogP contribution in [0.15, 0.2) is 29.4 Å². The maximum Gasteiger partial charge on any atom is 0.175 e. The average molecular weight is 325 g/mol. The summed E-state index contributed by atoms with van der Waals surface area (Å²) in [6, 6.07) is 8.40. The van der Waals surface area contributed by atoms with Crippen LogP contribution in [-0.4, -0.2) is 53.1 Å². The van der Waals surface area contributed by atoms with Gasteiger partial charge in [0.1, 0.15) is 0 Å². The zero-order valence-electron chi connectivity index (χ0n) is 14.3. The Morgan fingerprint density at radius 1 is 1.00 bits per heavy atom. The molecule has 0 bridgehead atoms. The average Bonchev–Trinajstić information content (AvgIpc) is 2.93. The molecule has 128 valence electrons. The van der Waals surface area contributed by atoms with Crippen molar-refractivity contribution < 1.29 is 5.21 Å². The van der Waals surface area contributed by atoms with Crippen LogP contribution in [-0.2, 0) is 0 Å². The molecule has 1 saturated carbocycles. The minimum absolute atomic E-state index is 0.652. The van der Waals surface area contributed by atoms with Gasteiger partial charge in [0.15, 0.2) is 5.84 Å². The van der Waals surface area contributed by atoms with E-state index in [4.69, 9.17) is 6.42 Å². The molecule has 4 nitrogen and oxygen atoms in total. The molecule has 0 atom stereocenters. The van der Waals surface area contributed by atoms with Gasteiger partial charge in [-0.25, -0.2) is 0 Å². The number of hydrogen-bond acceptors (Lipinski definition) is 3. The topological polar surface area (TPSA) is 39.1 Å². The van der Waals surface area contributed by atoms with E-state index in [0.29, 0.717) is 5.84 Å². The zero-order chi connectivity index (χ0) is 16.8. The minimum atomic E-state index is 0.652. The molecule has 2 aliphatic rings. The predicted molar refractivity (Wildman–Crippen MR) is 97.3 cm³/mol. The summed E-state index contributed by atoms with van der Waals surface area (Å²) in [5, 5.41) is 13.1. The second-order valence-electron chi connectivity index (χ2n) is 6.81. The van der Waals surface area contributed by atoms with Gasteiger partial charge in [0, 0.05) is 43.3 Å². The van der Waals surface area contributed by atoms with Gasteiger partial charge in [0.25, 0.3) is 0 Å². The molecule has 0 spiro atoms. The number of hydrogen-bond donors (Lipinski definition) is 1. The number of terminal acetylenes is 1. The lowest BCUT2D eigenvalue weighted by Gasteiger charge is -2.40. The quantitative estimate of drug-likeness (QED) is 0.227. The Hall–Kier alpha value is -1.99. The van der Waals surface area contributed by atoms with Crippen LogP contribution in [0.25, 0.3) is 0 Å². The van der Waals surface area contributed by atoms with Gasteiger partial charge in [-0.05, 0) is 37.1 Å². The third-order valence-corrected chi connectivity index (χ3v) is 5.36. The SMILES string of the molecule is C#Cc1ccc(/C(=N/O)N2CCN(C3CCCCCC3)CC2)cc1. The van der Waals surface area contributed by atoms with Gasteiger partial charge in [0.2, 0.25) is 0 Å². The van der Waals surface area contributed by atoms with E-state index in [0.717, 1.165) is 43.3 Å². The Labute approximate surface area is 145 Å². The number of nitrogens with zero attached hydrogens (tertiary/aromatic N) is 3. The normalized spacial score (nSPS) is 21.3. The molecule has 1 aliphatic carbocycles. The van der Waals surface area contributed by atoms with Crippen LogP contribution in [0.1, 0.15) is 49.7 Å². The maximum atomic E-state index is 9.50. The minimum Gasteiger partial charge on any atom is -0.409 e. The second kappa shape index (κ2) is 8.21. The molecule has 1 aromatic rings. The first-order valence-electron chi connectivity index (χ1n) is 9.10. The van der Waals surface area contributed by atoms with Gasteiger partial charge < -0.3 is 10.1 Å². The summed E-state index contributed by atoms with van der Waals surface area (Å²) in [6.07, 6.45) is 13.6. The van der Waals surface area contributed by atoms with Crippen molar-refractivity contribution in [1.82, 2.24) is 9.80 Å². The molecule has 0 unspecified atom stereocenters.